The van der Waals surface area contributed by atoms with Gasteiger partial charge in [0.25, 0.3) is 0 Å². The molecule has 5 heteroatoms. The second-order valence-electron chi connectivity index (χ2n) is 3.64. The zero-order valence-electron chi connectivity index (χ0n) is 9.70. The molecule has 94 valence electrons. The van der Waals surface area contributed by atoms with Crippen molar-refractivity contribution >= 4 is 5.97 Å². The first-order chi connectivity index (χ1) is 8.13. The monoisotopic (exact) mass is 239 g/mol. The molecule has 0 saturated heterocycles. The first-order valence-electron chi connectivity index (χ1n) is 5.29. The fourth-order valence-corrected chi connectivity index (χ4v) is 1.27. The van der Waals surface area contributed by atoms with E-state index in [-0.39, 0.29) is 13.0 Å². The summed E-state index contributed by atoms with van der Waals surface area (Å²) in [7, 11) is 1.32. The van der Waals surface area contributed by atoms with E-state index in [1.807, 2.05) is 30.3 Å². The summed E-state index contributed by atoms with van der Waals surface area (Å²) in [6.45, 7) is 0.204. The number of aliphatic hydroxyl groups excluding tert-OH is 1. The molecule has 0 heterocycles. The van der Waals surface area contributed by atoms with Crippen LogP contribution in [0.25, 0.3) is 0 Å². The van der Waals surface area contributed by atoms with Crippen molar-refractivity contribution in [2.75, 3.05) is 7.11 Å². The summed E-state index contributed by atoms with van der Waals surface area (Å²) in [5.41, 5.74) is 6.43. The maximum atomic E-state index is 11.4. The van der Waals surface area contributed by atoms with Crippen molar-refractivity contribution < 1.29 is 19.4 Å². The summed E-state index contributed by atoms with van der Waals surface area (Å²) >= 11 is 0. The third kappa shape index (κ3) is 4.95. The van der Waals surface area contributed by atoms with Gasteiger partial charge in [0.15, 0.2) is 6.29 Å². The Hall–Kier alpha value is -1.43. The van der Waals surface area contributed by atoms with Crippen LogP contribution in [-0.2, 0) is 20.9 Å². The molecule has 0 saturated carbocycles. The maximum absolute atomic E-state index is 11.4. The van der Waals surface area contributed by atoms with E-state index in [4.69, 9.17) is 10.5 Å². The average Bonchev–Trinajstić information content (AvgIpc) is 2.36. The van der Waals surface area contributed by atoms with E-state index in [1.165, 1.54) is 7.11 Å². The van der Waals surface area contributed by atoms with Crippen LogP contribution in [0.5, 0.6) is 0 Å². The van der Waals surface area contributed by atoms with E-state index in [0.717, 1.165) is 5.56 Å². The zero-order valence-corrected chi connectivity index (χ0v) is 9.70. The Labute approximate surface area is 100 Å². The molecule has 2 atom stereocenters. The quantitative estimate of drug-likeness (QED) is 0.555. The third-order valence-corrected chi connectivity index (χ3v) is 2.25. The van der Waals surface area contributed by atoms with E-state index in [1.54, 1.807) is 0 Å². The number of benzene rings is 1. The summed E-state index contributed by atoms with van der Waals surface area (Å²) in [5, 5.41) is 9.21. The van der Waals surface area contributed by atoms with Crippen LogP contribution in [0.15, 0.2) is 30.3 Å². The van der Waals surface area contributed by atoms with Gasteiger partial charge in [-0.05, 0) is 5.56 Å². The van der Waals surface area contributed by atoms with E-state index in [0.29, 0.717) is 0 Å². The second kappa shape index (κ2) is 7.01. The van der Waals surface area contributed by atoms with Crippen LogP contribution in [0.3, 0.4) is 0 Å². The molecule has 0 amide bonds. The third-order valence-electron chi connectivity index (χ3n) is 2.25. The topological polar surface area (TPSA) is 81.8 Å². The minimum absolute atomic E-state index is 0.0815. The minimum Gasteiger partial charge on any atom is -0.461 e. The van der Waals surface area contributed by atoms with Gasteiger partial charge in [0.2, 0.25) is 0 Å². The van der Waals surface area contributed by atoms with Crippen molar-refractivity contribution in [1.29, 1.82) is 0 Å². The Morgan fingerprint density at radius 2 is 2.06 bits per heavy atom. The molecular weight excluding hydrogens is 222 g/mol. The summed E-state index contributed by atoms with van der Waals surface area (Å²) in [4.78, 5) is 11.4. The number of nitrogens with two attached hydrogens (primary N) is 1. The predicted molar refractivity (Wildman–Crippen MR) is 61.8 cm³/mol. The molecule has 0 aliphatic carbocycles. The molecule has 5 nitrogen and oxygen atoms in total. The number of carbonyl (C=O) groups is 1. The highest BCUT2D eigenvalue weighted by molar-refractivity contribution is 5.70. The van der Waals surface area contributed by atoms with Crippen molar-refractivity contribution in [2.45, 2.75) is 25.4 Å². The van der Waals surface area contributed by atoms with Gasteiger partial charge >= 0.3 is 5.97 Å². The summed E-state index contributed by atoms with van der Waals surface area (Å²) in [6, 6.07) is 8.56. The molecule has 1 rings (SSSR count). The Morgan fingerprint density at radius 1 is 1.41 bits per heavy atom. The molecule has 1 aromatic carbocycles. The Balaban J connectivity index is 2.31. The number of methoxy groups -OCH3 is 1. The normalized spacial score (nSPS) is 14.1. The Kier molecular flexibility index (Phi) is 5.62. The molecule has 2 unspecified atom stereocenters. The molecule has 0 fully saturated rings. The van der Waals surface area contributed by atoms with Crippen molar-refractivity contribution in [3.63, 3.8) is 0 Å². The maximum Gasteiger partial charge on any atom is 0.307 e. The lowest BCUT2D eigenvalue weighted by Crippen LogP contribution is -2.38. The zero-order chi connectivity index (χ0) is 12.7. The molecule has 0 radical (unpaired) electrons. The number of carbonyl (C=O) groups excluding carboxylic acids is 1. The summed E-state index contributed by atoms with van der Waals surface area (Å²) < 4.78 is 9.61. The lowest BCUT2D eigenvalue weighted by Gasteiger charge is -2.16. The molecule has 0 spiro atoms. The van der Waals surface area contributed by atoms with E-state index < -0.39 is 18.3 Å². The van der Waals surface area contributed by atoms with Crippen molar-refractivity contribution in [2.24, 2.45) is 5.73 Å². The number of ether oxygens (including phenoxy) is 2. The smallest absolute Gasteiger partial charge is 0.307 e. The molecule has 0 bridgehead atoms. The average molecular weight is 239 g/mol. The summed E-state index contributed by atoms with van der Waals surface area (Å²) in [6.07, 6.45) is -1.23. The molecule has 1 aromatic rings. The molecule has 17 heavy (non-hydrogen) atoms. The first-order valence-corrected chi connectivity index (χ1v) is 5.29. The van der Waals surface area contributed by atoms with Crippen molar-refractivity contribution in [1.82, 2.24) is 0 Å². The van der Waals surface area contributed by atoms with Gasteiger partial charge in [-0.2, -0.15) is 0 Å². The second-order valence-corrected chi connectivity index (χ2v) is 3.64. The fraction of sp³-hybridized carbons (Fsp3) is 0.417. The first kappa shape index (κ1) is 13.6. The number of rotatable bonds is 6. The van der Waals surface area contributed by atoms with Gasteiger partial charge in [0.05, 0.1) is 12.5 Å². The summed E-state index contributed by atoms with van der Waals surface area (Å²) in [5.74, 6) is -0.461. The van der Waals surface area contributed by atoms with E-state index >= 15 is 0 Å². The highest BCUT2D eigenvalue weighted by atomic mass is 16.6. The molecular formula is C12H17NO4. The number of esters is 1. The number of hydrogen-bond donors (Lipinski definition) is 2. The van der Waals surface area contributed by atoms with Gasteiger partial charge in [-0.1, -0.05) is 30.3 Å². The largest absolute Gasteiger partial charge is 0.461 e. The van der Waals surface area contributed by atoms with Gasteiger partial charge in [-0.25, -0.2) is 0 Å². The number of aliphatic hydroxyl groups is 1. The minimum atomic E-state index is -1.15. The van der Waals surface area contributed by atoms with Gasteiger partial charge in [0.1, 0.15) is 6.61 Å². The van der Waals surface area contributed by atoms with Crippen molar-refractivity contribution in [3.05, 3.63) is 35.9 Å². The van der Waals surface area contributed by atoms with E-state index in [9.17, 15) is 9.90 Å². The van der Waals surface area contributed by atoms with Gasteiger partial charge in [-0.15, -0.1) is 0 Å². The predicted octanol–water partition coefficient (Wildman–Crippen LogP) is 0.412. The molecule has 0 aliphatic rings. The van der Waals surface area contributed by atoms with E-state index in [2.05, 4.69) is 4.74 Å². The Bertz CT molecular complexity index is 342. The van der Waals surface area contributed by atoms with Crippen LogP contribution in [-0.4, -0.2) is 30.5 Å². The lowest BCUT2D eigenvalue weighted by molar-refractivity contribution is -0.149. The van der Waals surface area contributed by atoms with Crippen LogP contribution in [0.1, 0.15) is 12.0 Å². The van der Waals surface area contributed by atoms with Crippen molar-refractivity contribution in [3.8, 4) is 0 Å². The molecule has 0 aliphatic heterocycles. The molecule has 0 aromatic heterocycles. The highest BCUT2D eigenvalue weighted by Gasteiger charge is 2.18. The van der Waals surface area contributed by atoms with Gasteiger partial charge in [0, 0.05) is 7.11 Å². The Morgan fingerprint density at radius 3 is 2.65 bits per heavy atom. The fourth-order valence-electron chi connectivity index (χ4n) is 1.27. The SMILES string of the molecule is COC(O)C(N)CC(=O)OCc1ccccc1. The van der Waals surface area contributed by atoms with Crippen LogP contribution < -0.4 is 5.73 Å². The van der Waals surface area contributed by atoms with Gasteiger partial charge < -0.3 is 20.3 Å². The standard InChI is InChI=1S/C12H17NO4/c1-16-12(15)10(13)7-11(14)17-8-9-5-3-2-4-6-9/h2-6,10,12,15H,7-8,13H2,1H3. The van der Waals surface area contributed by atoms with Crippen LogP contribution in [0.4, 0.5) is 0 Å². The lowest BCUT2D eigenvalue weighted by atomic mass is 10.2. The van der Waals surface area contributed by atoms with Crippen LogP contribution >= 0.6 is 0 Å². The molecule has 3 N–H and O–H groups in total. The number of hydrogen-bond acceptors (Lipinski definition) is 5. The highest BCUT2D eigenvalue weighted by Crippen LogP contribution is 2.04. The van der Waals surface area contributed by atoms with Gasteiger partial charge in [-0.3, -0.25) is 4.79 Å². The van der Waals surface area contributed by atoms with Crippen LogP contribution in [0, 0.1) is 0 Å². The van der Waals surface area contributed by atoms with Crippen LogP contribution in [0.2, 0.25) is 0 Å².